The van der Waals surface area contributed by atoms with Crippen molar-refractivity contribution in [3.8, 4) is 5.88 Å². The number of ether oxygens (including phenoxy) is 1. The van der Waals surface area contributed by atoms with Crippen LogP contribution in [0.15, 0.2) is 22.8 Å². The van der Waals surface area contributed by atoms with E-state index < -0.39 is 0 Å². The van der Waals surface area contributed by atoms with E-state index in [0.29, 0.717) is 6.10 Å². The minimum Gasteiger partial charge on any atom is -0.474 e. The van der Waals surface area contributed by atoms with Crippen molar-refractivity contribution < 1.29 is 4.74 Å². The molecule has 58 valence electrons. The minimum atomic E-state index is 0.418. The van der Waals surface area contributed by atoms with Gasteiger partial charge in [-0.05, 0) is 40.9 Å². The van der Waals surface area contributed by atoms with Gasteiger partial charge in [0.2, 0.25) is 5.88 Å². The van der Waals surface area contributed by atoms with Gasteiger partial charge in [0.15, 0.2) is 0 Å². The molecule has 0 bridgehead atoms. The Kier molecular flexibility index (Phi) is 1.82. The lowest BCUT2D eigenvalue weighted by atomic mass is 10.5. The summed E-state index contributed by atoms with van der Waals surface area (Å²) < 4.78 is 6.44. The molecule has 1 aromatic rings. The highest BCUT2D eigenvalue weighted by Crippen LogP contribution is 2.29. The van der Waals surface area contributed by atoms with Crippen LogP contribution in [0.4, 0.5) is 0 Å². The summed E-state index contributed by atoms with van der Waals surface area (Å²) in [5.74, 6) is 0.718. The maximum Gasteiger partial charge on any atom is 0.228 e. The summed E-state index contributed by atoms with van der Waals surface area (Å²) >= 11 is 3.37. The first-order valence-corrected chi connectivity index (χ1v) is 4.43. The first kappa shape index (κ1) is 7.10. The lowest BCUT2D eigenvalue weighted by Crippen LogP contribution is -1.98. The van der Waals surface area contributed by atoms with Gasteiger partial charge in [-0.2, -0.15) is 0 Å². The zero-order valence-electron chi connectivity index (χ0n) is 5.96. The molecule has 0 N–H and O–H groups in total. The molecule has 1 heterocycles. The Morgan fingerprint density at radius 2 is 2.36 bits per heavy atom. The molecule has 2 nitrogen and oxygen atoms in total. The summed E-state index contributed by atoms with van der Waals surface area (Å²) in [6, 6.07) is 3.81. The van der Waals surface area contributed by atoms with Gasteiger partial charge in [-0.15, -0.1) is 0 Å². The average molecular weight is 214 g/mol. The van der Waals surface area contributed by atoms with Crippen LogP contribution in [-0.4, -0.2) is 11.1 Å². The number of nitrogens with zero attached hydrogens (tertiary/aromatic N) is 1. The van der Waals surface area contributed by atoms with Crippen molar-refractivity contribution in [2.24, 2.45) is 0 Å². The van der Waals surface area contributed by atoms with Gasteiger partial charge in [0, 0.05) is 6.20 Å². The molecular formula is C8H8BrNO. The van der Waals surface area contributed by atoms with Crippen molar-refractivity contribution in [3.05, 3.63) is 22.8 Å². The van der Waals surface area contributed by atoms with Crippen molar-refractivity contribution >= 4 is 15.9 Å². The van der Waals surface area contributed by atoms with Crippen molar-refractivity contribution in [2.45, 2.75) is 18.9 Å². The van der Waals surface area contributed by atoms with E-state index in [1.807, 2.05) is 12.1 Å². The summed E-state index contributed by atoms with van der Waals surface area (Å²) in [6.07, 6.45) is 4.50. The molecule has 1 saturated carbocycles. The zero-order valence-corrected chi connectivity index (χ0v) is 7.54. The molecule has 0 aliphatic heterocycles. The fourth-order valence-electron chi connectivity index (χ4n) is 0.802. The molecule has 0 atom stereocenters. The van der Waals surface area contributed by atoms with Gasteiger partial charge in [0.1, 0.15) is 6.10 Å². The van der Waals surface area contributed by atoms with Gasteiger partial charge in [-0.1, -0.05) is 0 Å². The largest absolute Gasteiger partial charge is 0.474 e. The Morgan fingerprint density at radius 3 is 3.00 bits per heavy atom. The first-order valence-electron chi connectivity index (χ1n) is 3.63. The van der Waals surface area contributed by atoms with E-state index in [0.717, 1.165) is 10.4 Å². The lowest BCUT2D eigenvalue weighted by Gasteiger charge is -2.03. The van der Waals surface area contributed by atoms with Crippen LogP contribution in [0, 0.1) is 0 Å². The van der Waals surface area contributed by atoms with E-state index in [9.17, 15) is 0 Å². The maximum absolute atomic E-state index is 5.50. The third kappa shape index (κ3) is 1.71. The monoisotopic (exact) mass is 213 g/mol. The molecule has 0 amide bonds. The summed E-state index contributed by atoms with van der Waals surface area (Å²) in [5.41, 5.74) is 0. The molecule has 0 saturated heterocycles. The van der Waals surface area contributed by atoms with Crippen LogP contribution < -0.4 is 4.74 Å². The van der Waals surface area contributed by atoms with Crippen LogP contribution in [0.2, 0.25) is 0 Å². The number of pyridine rings is 1. The molecule has 0 radical (unpaired) electrons. The van der Waals surface area contributed by atoms with Crippen LogP contribution in [-0.2, 0) is 0 Å². The normalized spacial score (nSPS) is 16.5. The predicted molar refractivity (Wildman–Crippen MR) is 45.6 cm³/mol. The van der Waals surface area contributed by atoms with Gasteiger partial charge in [-0.3, -0.25) is 0 Å². The third-order valence-electron chi connectivity index (χ3n) is 1.53. The molecular weight excluding hydrogens is 206 g/mol. The molecule has 11 heavy (non-hydrogen) atoms. The Labute approximate surface area is 73.7 Å². The Hall–Kier alpha value is -0.570. The van der Waals surface area contributed by atoms with Crippen LogP contribution in [0.5, 0.6) is 5.88 Å². The van der Waals surface area contributed by atoms with Crippen molar-refractivity contribution in [2.75, 3.05) is 0 Å². The van der Waals surface area contributed by atoms with Crippen LogP contribution in [0.25, 0.3) is 0 Å². The van der Waals surface area contributed by atoms with Gasteiger partial charge in [0.25, 0.3) is 0 Å². The fourth-order valence-corrected chi connectivity index (χ4v) is 1.15. The number of hydrogen-bond acceptors (Lipinski definition) is 2. The molecule has 1 fully saturated rings. The SMILES string of the molecule is Brc1cccnc1OC1CC1. The third-order valence-corrected chi connectivity index (χ3v) is 2.13. The number of aromatic nitrogens is 1. The van der Waals surface area contributed by atoms with E-state index in [-0.39, 0.29) is 0 Å². The molecule has 0 unspecified atom stereocenters. The average Bonchev–Trinajstić information content (AvgIpc) is 2.78. The smallest absolute Gasteiger partial charge is 0.228 e. The van der Waals surface area contributed by atoms with Crippen molar-refractivity contribution in [1.29, 1.82) is 0 Å². The summed E-state index contributed by atoms with van der Waals surface area (Å²) in [5, 5.41) is 0. The second-order valence-electron chi connectivity index (χ2n) is 2.61. The van der Waals surface area contributed by atoms with Gasteiger partial charge in [-0.25, -0.2) is 4.98 Å². The Balaban J connectivity index is 2.15. The fraction of sp³-hybridized carbons (Fsp3) is 0.375. The van der Waals surface area contributed by atoms with E-state index in [2.05, 4.69) is 20.9 Å². The van der Waals surface area contributed by atoms with Crippen molar-refractivity contribution in [3.63, 3.8) is 0 Å². The molecule has 0 aromatic carbocycles. The quantitative estimate of drug-likeness (QED) is 0.753. The second-order valence-corrected chi connectivity index (χ2v) is 3.46. The highest BCUT2D eigenvalue weighted by Gasteiger charge is 2.24. The number of rotatable bonds is 2. The zero-order chi connectivity index (χ0) is 7.68. The number of halogens is 1. The molecule has 3 heteroatoms. The van der Waals surface area contributed by atoms with E-state index in [4.69, 9.17) is 4.74 Å². The first-order chi connectivity index (χ1) is 5.36. The lowest BCUT2D eigenvalue weighted by molar-refractivity contribution is 0.289. The van der Waals surface area contributed by atoms with Crippen LogP contribution >= 0.6 is 15.9 Å². The van der Waals surface area contributed by atoms with Crippen LogP contribution in [0.3, 0.4) is 0 Å². The topological polar surface area (TPSA) is 22.1 Å². The van der Waals surface area contributed by atoms with Crippen molar-refractivity contribution in [1.82, 2.24) is 4.98 Å². The minimum absolute atomic E-state index is 0.418. The molecule has 2 rings (SSSR count). The summed E-state index contributed by atoms with van der Waals surface area (Å²) in [6.45, 7) is 0. The highest BCUT2D eigenvalue weighted by molar-refractivity contribution is 9.10. The predicted octanol–water partition coefficient (Wildman–Crippen LogP) is 2.39. The van der Waals surface area contributed by atoms with Gasteiger partial charge < -0.3 is 4.74 Å². The number of hydrogen-bond donors (Lipinski definition) is 0. The summed E-state index contributed by atoms with van der Waals surface area (Å²) in [7, 11) is 0. The Bertz CT molecular complexity index is 260. The molecule has 0 spiro atoms. The maximum atomic E-state index is 5.50. The summed E-state index contributed by atoms with van der Waals surface area (Å²) in [4.78, 5) is 4.09. The second kappa shape index (κ2) is 2.81. The van der Waals surface area contributed by atoms with Crippen LogP contribution in [0.1, 0.15) is 12.8 Å². The van der Waals surface area contributed by atoms with E-state index in [1.165, 1.54) is 12.8 Å². The molecule has 1 aliphatic rings. The molecule has 1 aromatic heterocycles. The van der Waals surface area contributed by atoms with Gasteiger partial charge in [0.05, 0.1) is 4.47 Å². The highest BCUT2D eigenvalue weighted by atomic mass is 79.9. The van der Waals surface area contributed by atoms with E-state index in [1.54, 1.807) is 6.20 Å². The Morgan fingerprint density at radius 1 is 1.55 bits per heavy atom. The molecule has 1 aliphatic carbocycles. The standard InChI is InChI=1S/C8H8BrNO/c9-7-2-1-5-10-8(7)11-6-3-4-6/h1-2,5-6H,3-4H2. The van der Waals surface area contributed by atoms with E-state index >= 15 is 0 Å². The van der Waals surface area contributed by atoms with Gasteiger partial charge >= 0.3 is 0 Å².